The van der Waals surface area contributed by atoms with Crippen LogP contribution in [-0.2, 0) is 6.61 Å². The molecular weight excluding hydrogens is 276 g/mol. The fourth-order valence-corrected chi connectivity index (χ4v) is 1.90. The lowest BCUT2D eigenvalue weighted by Gasteiger charge is -2.14. The lowest BCUT2D eigenvalue weighted by Crippen LogP contribution is -1.98. The Bertz CT molecular complexity index is 569. The van der Waals surface area contributed by atoms with Crippen molar-refractivity contribution in [3.63, 3.8) is 0 Å². The molecule has 20 heavy (non-hydrogen) atoms. The minimum Gasteiger partial charge on any atom is -0.490 e. The third-order valence-corrected chi connectivity index (χ3v) is 2.97. The SMILES string of the molecule is CCCOc1ccccc1Oc1cc(Cl)ccc1CO. The molecule has 0 atom stereocenters. The van der Waals surface area contributed by atoms with Crippen LogP contribution in [0.25, 0.3) is 0 Å². The Hall–Kier alpha value is -1.71. The molecule has 0 radical (unpaired) electrons. The van der Waals surface area contributed by atoms with Crippen molar-refractivity contribution in [2.24, 2.45) is 0 Å². The van der Waals surface area contributed by atoms with Crippen LogP contribution in [0.2, 0.25) is 5.02 Å². The van der Waals surface area contributed by atoms with Crippen molar-refractivity contribution in [3.8, 4) is 17.2 Å². The van der Waals surface area contributed by atoms with Crippen molar-refractivity contribution in [3.05, 3.63) is 53.1 Å². The number of aliphatic hydroxyl groups excluding tert-OH is 1. The highest BCUT2D eigenvalue weighted by atomic mass is 35.5. The molecule has 0 saturated carbocycles. The molecule has 0 aliphatic rings. The maximum absolute atomic E-state index is 9.34. The first-order valence-electron chi connectivity index (χ1n) is 6.53. The second-order valence-electron chi connectivity index (χ2n) is 4.31. The Morgan fingerprint density at radius 3 is 2.50 bits per heavy atom. The van der Waals surface area contributed by atoms with E-state index in [4.69, 9.17) is 21.1 Å². The largest absolute Gasteiger partial charge is 0.490 e. The van der Waals surface area contributed by atoms with Gasteiger partial charge in [-0.05, 0) is 30.7 Å². The molecule has 0 aromatic heterocycles. The lowest BCUT2D eigenvalue weighted by molar-refractivity contribution is 0.273. The maximum atomic E-state index is 9.34. The third kappa shape index (κ3) is 3.65. The molecule has 3 nitrogen and oxygen atoms in total. The highest BCUT2D eigenvalue weighted by molar-refractivity contribution is 6.30. The van der Waals surface area contributed by atoms with Gasteiger partial charge >= 0.3 is 0 Å². The van der Waals surface area contributed by atoms with E-state index in [1.807, 2.05) is 31.2 Å². The molecule has 0 aliphatic heterocycles. The molecule has 0 spiro atoms. The fraction of sp³-hybridized carbons (Fsp3) is 0.250. The molecule has 106 valence electrons. The molecule has 4 heteroatoms. The van der Waals surface area contributed by atoms with Crippen molar-refractivity contribution in [2.75, 3.05) is 6.61 Å². The minimum atomic E-state index is -0.107. The molecule has 2 aromatic carbocycles. The molecule has 0 aliphatic carbocycles. The summed E-state index contributed by atoms with van der Waals surface area (Å²) in [6, 6.07) is 12.6. The van der Waals surface area contributed by atoms with E-state index >= 15 is 0 Å². The van der Waals surface area contributed by atoms with E-state index in [1.165, 1.54) is 0 Å². The van der Waals surface area contributed by atoms with Crippen molar-refractivity contribution in [1.29, 1.82) is 0 Å². The van der Waals surface area contributed by atoms with E-state index in [-0.39, 0.29) is 6.61 Å². The minimum absolute atomic E-state index is 0.107. The number of para-hydroxylation sites is 2. The zero-order chi connectivity index (χ0) is 14.4. The number of aliphatic hydroxyl groups is 1. The van der Waals surface area contributed by atoms with Gasteiger partial charge in [-0.1, -0.05) is 36.7 Å². The first kappa shape index (κ1) is 14.7. The van der Waals surface area contributed by atoms with Crippen LogP contribution < -0.4 is 9.47 Å². The summed E-state index contributed by atoms with van der Waals surface area (Å²) in [7, 11) is 0. The predicted molar refractivity (Wildman–Crippen MR) is 79.7 cm³/mol. The van der Waals surface area contributed by atoms with E-state index < -0.39 is 0 Å². The molecule has 0 bridgehead atoms. The average molecular weight is 293 g/mol. The second-order valence-corrected chi connectivity index (χ2v) is 4.74. The normalized spacial score (nSPS) is 10.3. The van der Waals surface area contributed by atoms with Crippen LogP contribution in [-0.4, -0.2) is 11.7 Å². The van der Waals surface area contributed by atoms with Gasteiger partial charge in [-0.15, -0.1) is 0 Å². The summed E-state index contributed by atoms with van der Waals surface area (Å²) in [5.41, 5.74) is 0.680. The molecule has 0 unspecified atom stereocenters. The first-order valence-corrected chi connectivity index (χ1v) is 6.91. The predicted octanol–water partition coefficient (Wildman–Crippen LogP) is 4.41. The number of rotatable bonds is 6. The molecule has 1 N–H and O–H groups in total. The zero-order valence-corrected chi connectivity index (χ0v) is 12.1. The van der Waals surface area contributed by atoms with Gasteiger partial charge in [0.15, 0.2) is 11.5 Å². The molecule has 2 aromatic rings. The van der Waals surface area contributed by atoms with E-state index in [0.29, 0.717) is 34.4 Å². The Balaban J connectivity index is 2.27. The average Bonchev–Trinajstić information content (AvgIpc) is 2.47. The molecule has 0 amide bonds. The molecular formula is C16H17ClO3. The number of halogens is 1. The molecule has 0 saturated heterocycles. The number of hydrogen-bond donors (Lipinski definition) is 1. The van der Waals surface area contributed by atoms with Crippen molar-refractivity contribution >= 4 is 11.6 Å². The van der Waals surface area contributed by atoms with Gasteiger partial charge < -0.3 is 14.6 Å². The van der Waals surface area contributed by atoms with Crippen molar-refractivity contribution < 1.29 is 14.6 Å². The summed E-state index contributed by atoms with van der Waals surface area (Å²) in [6.07, 6.45) is 0.924. The summed E-state index contributed by atoms with van der Waals surface area (Å²) in [4.78, 5) is 0. The highest BCUT2D eigenvalue weighted by Gasteiger charge is 2.09. The Morgan fingerprint density at radius 2 is 1.80 bits per heavy atom. The van der Waals surface area contributed by atoms with Crippen LogP contribution in [0.1, 0.15) is 18.9 Å². The Kier molecular flexibility index (Phi) is 5.27. The van der Waals surface area contributed by atoms with Crippen LogP contribution in [0.15, 0.2) is 42.5 Å². The van der Waals surface area contributed by atoms with Crippen LogP contribution in [0, 0.1) is 0 Å². The Labute approximate surface area is 123 Å². The van der Waals surface area contributed by atoms with Gasteiger partial charge in [0.25, 0.3) is 0 Å². The van der Waals surface area contributed by atoms with Gasteiger partial charge in [-0.2, -0.15) is 0 Å². The zero-order valence-electron chi connectivity index (χ0n) is 11.3. The van der Waals surface area contributed by atoms with Gasteiger partial charge in [-0.25, -0.2) is 0 Å². The van der Waals surface area contributed by atoms with E-state index in [2.05, 4.69) is 0 Å². The van der Waals surface area contributed by atoms with Crippen molar-refractivity contribution in [1.82, 2.24) is 0 Å². The van der Waals surface area contributed by atoms with Crippen LogP contribution in [0.4, 0.5) is 0 Å². The van der Waals surface area contributed by atoms with Gasteiger partial charge in [0.1, 0.15) is 5.75 Å². The standard InChI is InChI=1S/C16H17ClO3/c1-2-9-19-14-5-3-4-6-15(14)20-16-10-13(17)8-7-12(16)11-18/h3-8,10,18H,2,9,11H2,1H3. The first-order chi connectivity index (χ1) is 9.74. The molecule has 0 fully saturated rings. The number of hydrogen-bond acceptors (Lipinski definition) is 3. The summed E-state index contributed by atoms with van der Waals surface area (Å²) in [6.45, 7) is 2.57. The molecule has 2 rings (SSSR count). The van der Waals surface area contributed by atoms with Gasteiger partial charge in [0.2, 0.25) is 0 Å². The lowest BCUT2D eigenvalue weighted by atomic mass is 10.2. The number of ether oxygens (including phenoxy) is 2. The van der Waals surface area contributed by atoms with E-state index in [0.717, 1.165) is 6.42 Å². The monoisotopic (exact) mass is 292 g/mol. The second kappa shape index (κ2) is 7.17. The van der Waals surface area contributed by atoms with Crippen LogP contribution >= 0.6 is 11.6 Å². The van der Waals surface area contributed by atoms with Gasteiger partial charge in [0.05, 0.1) is 13.2 Å². The third-order valence-electron chi connectivity index (χ3n) is 2.73. The summed E-state index contributed by atoms with van der Waals surface area (Å²) in [5, 5.41) is 9.90. The summed E-state index contributed by atoms with van der Waals surface area (Å²) < 4.78 is 11.5. The smallest absolute Gasteiger partial charge is 0.169 e. The van der Waals surface area contributed by atoms with Crippen LogP contribution in [0.5, 0.6) is 17.2 Å². The van der Waals surface area contributed by atoms with Gasteiger partial charge in [0, 0.05) is 10.6 Å². The van der Waals surface area contributed by atoms with Gasteiger partial charge in [-0.3, -0.25) is 0 Å². The van der Waals surface area contributed by atoms with Crippen LogP contribution in [0.3, 0.4) is 0 Å². The highest BCUT2D eigenvalue weighted by Crippen LogP contribution is 2.34. The number of benzene rings is 2. The van der Waals surface area contributed by atoms with Crippen molar-refractivity contribution in [2.45, 2.75) is 20.0 Å². The quantitative estimate of drug-likeness (QED) is 0.857. The maximum Gasteiger partial charge on any atom is 0.169 e. The topological polar surface area (TPSA) is 38.7 Å². The van der Waals surface area contributed by atoms with E-state index in [9.17, 15) is 5.11 Å². The summed E-state index contributed by atoms with van der Waals surface area (Å²) >= 11 is 5.97. The Morgan fingerprint density at radius 1 is 1.05 bits per heavy atom. The molecule has 0 heterocycles. The summed E-state index contributed by atoms with van der Waals surface area (Å²) in [5.74, 6) is 1.82. The fourth-order valence-electron chi connectivity index (χ4n) is 1.74. The van der Waals surface area contributed by atoms with E-state index in [1.54, 1.807) is 18.2 Å².